The Labute approximate surface area is 72.6 Å². The van der Waals surface area contributed by atoms with Crippen LogP contribution in [0.1, 0.15) is 31.7 Å². The van der Waals surface area contributed by atoms with Crippen LogP contribution in [0, 0.1) is 0 Å². The van der Waals surface area contributed by atoms with E-state index in [4.69, 9.17) is 0 Å². The minimum atomic E-state index is 0.0909. The summed E-state index contributed by atoms with van der Waals surface area (Å²) in [5, 5.41) is 3.50. The van der Waals surface area contributed by atoms with E-state index in [1.54, 1.807) is 6.33 Å². The van der Waals surface area contributed by atoms with Crippen molar-refractivity contribution in [2.45, 2.75) is 32.2 Å². The molecule has 3 nitrogen and oxygen atoms in total. The van der Waals surface area contributed by atoms with Crippen molar-refractivity contribution in [3.05, 3.63) is 17.7 Å². The van der Waals surface area contributed by atoms with Gasteiger partial charge in [0.25, 0.3) is 0 Å². The molecule has 0 radical (unpaired) electrons. The lowest BCUT2D eigenvalue weighted by Crippen LogP contribution is -2.44. The first-order chi connectivity index (χ1) is 5.76. The Morgan fingerprint density at radius 3 is 3.25 bits per heavy atom. The summed E-state index contributed by atoms with van der Waals surface area (Å²) < 4.78 is 0. The zero-order chi connectivity index (χ0) is 8.60. The molecule has 2 heterocycles. The van der Waals surface area contributed by atoms with Gasteiger partial charge in [0.2, 0.25) is 0 Å². The molecule has 1 aliphatic rings. The highest BCUT2D eigenvalue weighted by Crippen LogP contribution is 2.27. The Bertz CT molecular complexity index is 279. The molecule has 0 amide bonds. The SMILES string of the molecule is CCC1(C)NCCc2[nH]cnc21. The highest BCUT2D eigenvalue weighted by Gasteiger charge is 2.31. The van der Waals surface area contributed by atoms with E-state index in [2.05, 4.69) is 29.1 Å². The molecule has 0 bridgehead atoms. The lowest BCUT2D eigenvalue weighted by Gasteiger charge is -2.32. The molecule has 66 valence electrons. The highest BCUT2D eigenvalue weighted by molar-refractivity contribution is 5.23. The van der Waals surface area contributed by atoms with Crippen LogP contribution < -0.4 is 5.32 Å². The fraction of sp³-hybridized carbons (Fsp3) is 0.667. The summed E-state index contributed by atoms with van der Waals surface area (Å²) in [6.45, 7) is 5.46. The number of rotatable bonds is 1. The van der Waals surface area contributed by atoms with Gasteiger partial charge in [0, 0.05) is 18.7 Å². The van der Waals surface area contributed by atoms with Gasteiger partial charge < -0.3 is 10.3 Å². The van der Waals surface area contributed by atoms with Crippen LogP contribution in [0.15, 0.2) is 6.33 Å². The fourth-order valence-electron chi connectivity index (χ4n) is 1.83. The first-order valence-corrected chi connectivity index (χ1v) is 4.54. The van der Waals surface area contributed by atoms with Crippen molar-refractivity contribution in [2.75, 3.05) is 6.54 Å². The second-order valence-electron chi connectivity index (χ2n) is 3.59. The molecule has 0 aromatic carbocycles. The Hall–Kier alpha value is -0.830. The minimum absolute atomic E-state index is 0.0909. The predicted molar refractivity (Wildman–Crippen MR) is 47.9 cm³/mol. The Balaban J connectivity index is 2.44. The zero-order valence-electron chi connectivity index (χ0n) is 7.65. The van der Waals surface area contributed by atoms with Crippen LogP contribution in [0.3, 0.4) is 0 Å². The smallest absolute Gasteiger partial charge is 0.0926 e. The number of nitrogens with one attached hydrogen (secondary N) is 2. The molecule has 1 aliphatic heterocycles. The summed E-state index contributed by atoms with van der Waals surface area (Å²) in [5.41, 5.74) is 2.60. The van der Waals surface area contributed by atoms with Crippen molar-refractivity contribution >= 4 is 0 Å². The van der Waals surface area contributed by atoms with Gasteiger partial charge in [-0.3, -0.25) is 0 Å². The molecule has 3 heteroatoms. The Morgan fingerprint density at radius 1 is 1.67 bits per heavy atom. The van der Waals surface area contributed by atoms with Gasteiger partial charge >= 0.3 is 0 Å². The van der Waals surface area contributed by atoms with E-state index < -0.39 is 0 Å². The van der Waals surface area contributed by atoms with E-state index in [1.807, 2.05) is 0 Å². The van der Waals surface area contributed by atoms with Crippen LogP contribution in [0.5, 0.6) is 0 Å². The molecule has 0 saturated heterocycles. The molecule has 1 unspecified atom stereocenters. The van der Waals surface area contributed by atoms with Crippen molar-refractivity contribution in [1.82, 2.24) is 15.3 Å². The predicted octanol–water partition coefficient (Wildman–Crippen LogP) is 1.18. The average molecular weight is 165 g/mol. The molecule has 1 aromatic heterocycles. The van der Waals surface area contributed by atoms with Crippen molar-refractivity contribution in [2.24, 2.45) is 0 Å². The molecule has 2 rings (SSSR count). The van der Waals surface area contributed by atoms with Gasteiger partial charge in [-0.05, 0) is 13.3 Å². The molecule has 1 aromatic rings. The van der Waals surface area contributed by atoms with Gasteiger partial charge in [-0.2, -0.15) is 0 Å². The summed E-state index contributed by atoms with van der Waals surface area (Å²) >= 11 is 0. The fourth-order valence-corrected chi connectivity index (χ4v) is 1.83. The lowest BCUT2D eigenvalue weighted by atomic mass is 9.89. The quantitative estimate of drug-likeness (QED) is 0.656. The molecule has 1 atom stereocenters. The summed E-state index contributed by atoms with van der Waals surface area (Å²) in [6.07, 6.45) is 3.96. The number of H-pyrrole nitrogens is 1. The van der Waals surface area contributed by atoms with Crippen LogP contribution in [0.25, 0.3) is 0 Å². The first kappa shape index (κ1) is 7.80. The van der Waals surface area contributed by atoms with Crippen LogP contribution in [0.2, 0.25) is 0 Å². The Kier molecular flexibility index (Phi) is 1.68. The van der Waals surface area contributed by atoms with E-state index in [0.29, 0.717) is 0 Å². The van der Waals surface area contributed by atoms with Crippen molar-refractivity contribution in [3.63, 3.8) is 0 Å². The van der Waals surface area contributed by atoms with Gasteiger partial charge in [-0.15, -0.1) is 0 Å². The molecule has 0 spiro atoms. The third kappa shape index (κ3) is 0.966. The third-order valence-corrected chi connectivity index (χ3v) is 2.84. The second kappa shape index (κ2) is 2.59. The molecule has 2 N–H and O–H groups in total. The minimum Gasteiger partial charge on any atom is -0.348 e. The molecule has 0 saturated carbocycles. The summed E-state index contributed by atoms with van der Waals surface area (Å²) in [4.78, 5) is 7.56. The van der Waals surface area contributed by atoms with E-state index >= 15 is 0 Å². The lowest BCUT2D eigenvalue weighted by molar-refractivity contribution is 0.326. The largest absolute Gasteiger partial charge is 0.348 e. The van der Waals surface area contributed by atoms with Crippen molar-refractivity contribution < 1.29 is 0 Å². The highest BCUT2D eigenvalue weighted by atomic mass is 15.0. The van der Waals surface area contributed by atoms with Gasteiger partial charge in [-0.1, -0.05) is 6.92 Å². The van der Waals surface area contributed by atoms with Crippen LogP contribution in [-0.4, -0.2) is 16.5 Å². The molecule has 0 fully saturated rings. The number of fused-ring (bicyclic) bond motifs is 1. The van der Waals surface area contributed by atoms with Gasteiger partial charge in [0.1, 0.15) is 0 Å². The molecule has 0 aliphatic carbocycles. The summed E-state index contributed by atoms with van der Waals surface area (Å²) in [6, 6.07) is 0. The maximum Gasteiger partial charge on any atom is 0.0926 e. The number of hydrogen-bond acceptors (Lipinski definition) is 2. The topological polar surface area (TPSA) is 40.7 Å². The number of imidazole rings is 1. The van der Waals surface area contributed by atoms with Crippen LogP contribution in [0.4, 0.5) is 0 Å². The van der Waals surface area contributed by atoms with E-state index in [-0.39, 0.29) is 5.54 Å². The van der Waals surface area contributed by atoms with E-state index in [1.165, 1.54) is 11.4 Å². The first-order valence-electron chi connectivity index (χ1n) is 4.54. The van der Waals surface area contributed by atoms with Gasteiger partial charge in [0.05, 0.1) is 17.6 Å². The van der Waals surface area contributed by atoms with E-state index in [9.17, 15) is 0 Å². The number of aromatic nitrogens is 2. The maximum absolute atomic E-state index is 4.36. The van der Waals surface area contributed by atoms with Gasteiger partial charge in [0.15, 0.2) is 0 Å². The molecular weight excluding hydrogens is 150 g/mol. The van der Waals surface area contributed by atoms with Gasteiger partial charge in [-0.25, -0.2) is 4.98 Å². The average Bonchev–Trinajstić information content (AvgIpc) is 2.54. The maximum atomic E-state index is 4.36. The molecule has 12 heavy (non-hydrogen) atoms. The Morgan fingerprint density at radius 2 is 2.50 bits per heavy atom. The van der Waals surface area contributed by atoms with Crippen molar-refractivity contribution in [1.29, 1.82) is 0 Å². The summed E-state index contributed by atoms with van der Waals surface area (Å²) in [7, 11) is 0. The van der Waals surface area contributed by atoms with Crippen LogP contribution in [-0.2, 0) is 12.0 Å². The third-order valence-electron chi connectivity index (χ3n) is 2.84. The molecular formula is C9H15N3. The number of nitrogens with zero attached hydrogens (tertiary/aromatic N) is 1. The summed E-state index contributed by atoms with van der Waals surface area (Å²) in [5.74, 6) is 0. The van der Waals surface area contributed by atoms with E-state index in [0.717, 1.165) is 19.4 Å². The second-order valence-corrected chi connectivity index (χ2v) is 3.59. The number of aromatic amines is 1. The van der Waals surface area contributed by atoms with Crippen LogP contribution >= 0.6 is 0 Å². The standard InChI is InChI=1S/C9H15N3/c1-3-9(2)8-7(4-5-12-9)10-6-11-8/h6,12H,3-5H2,1-2H3,(H,10,11). The monoisotopic (exact) mass is 165 g/mol. The van der Waals surface area contributed by atoms with Crippen molar-refractivity contribution in [3.8, 4) is 0 Å². The normalized spacial score (nSPS) is 28.5. The number of hydrogen-bond donors (Lipinski definition) is 2. The zero-order valence-corrected chi connectivity index (χ0v) is 7.65.